The van der Waals surface area contributed by atoms with Crippen LogP contribution in [0, 0.1) is 11.3 Å². The van der Waals surface area contributed by atoms with Gasteiger partial charge in [-0.25, -0.2) is 0 Å². The summed E-state index contributed by atoms with van der Waals surface area (Å²) in [5.74, 6) is -0.449. The molecule has 0 atom stereocenters. The Morgan fingerprint density at radius 2 is 1.56 bits per heavy atom. The zero-order valence-corrected chi connectivity index (χ0v) is 19.0. The van der Waals surface area contributed by atoms with Crippen LogP contribution in [0.15, 0.2) is 108 Å². The Morgan fingerprint density at radius 1 is 0.853 bits per heavy atom. The summed E-state index contributed by atoms with van der Waals surface area (Å²) in [7, 11) is 0. The van der Waals surface area contributed by atoms with Crippen LogP contribution in [0.25, 0.3) is 16.8 Å². The summed E-state index contributed by atoms with van der Waals surface area (Å²) in [6, 6.07) is 31.8. The molecule has 34 heavy (non-hydrogen) atoms. The molecule has 0 fully saturated rings. The first kappa shape index (κ1) is 22.8. The average molecular weight is 464 g/mol. The van der Waals surface area contributed by atoms with Gasteiger partial charge in [0.1, 0.15) is 5.70 Å². The summed E-state index contributed by atoms with van der Waals surface area (Å²) in [6.45, 7) is 0. The molecule has 0 radical (unpaired) electrons. The van der Waals surface area contributed by atoms with Gasteiger partial charge >= 0.3 is 0 Å². The Kier molecular flexibility index (Phi) is 7.39. The Morgan fingerprint density at radius 3 is 2.32 bits per heavy atom. The van der Waals surface area contributed by atoms with E-state index >= 15 is 0 Å². The van der Waals surface area contributed by atoms with Gasteiger partial charge in [0.2, 0.25) is 0 Å². The largest absolute Gasteiger partial charge is 0.321 e. The molecule has 0 aliphatic carbocycles. The van der Waals surface area contributed by atoms with E-state index in [1.165, 1.54) is 11.8 Å². The molecule has 0 saturated heterocycles. The van der Waals surface area contributed by atoms with Crippen molar-refractivity contribution in [1.82, 2.24) is 5.32 Å². The second-order valence-electron chi connectivity index (χ2n) is 7.37. The van der Waals surface area contributed by atoms with Gasteiger partial charge in [0.25, 0.3) is 11.8 Å². The minimum absolute atomic E-state index is 0.133. The predicted molar refractivity (Wildman–Crippen MR) is 137 cm³/mol. The van der Waals surface area contributed by atoms with Gasteiger partial charge in [-0.15, -0.1) is 11.8 Å². The van der Waals surface area contributed by atoms with E-state index in [1.54, 1.807) is 42.5 Å². The number of carbonyl (C=O) groups is 2. The third-order valence-corrected chi connectivity index (χ3v) is 5.95. The van der Waals surface area contributed by atoms with Gasteiger partial charge < -0.3 is 10.6 Å². The molecule has 0 unspecified atom stereocenters. The lowest BCUT2D eigenvalue weighted by molar-refractivity contribution is -0.113. The molecule has 0 heterocycles. The zero-order valence-electron chi connectivity index (χ0n) is 18.2. The molecule has 0 aliphatic heterocycles. The predicted octanol–water partition coefficient (Wildman–Crippen LogP) is 5.87. The van der Waals surface area contributed by atoms with E-state index < -0.39 is 5.91 Å². The highest BCUT2D eigenvalue weighted by molar-refractivity contribution is 7.99. The van der Waals surface area contributed by atoms with Gasteiger partial charge in [-0.05, 0) is 58.8 Å². The molecule has 4 aromatic rings. The first-order valence-electron chi connectivity index (χ1n) is 10.6. The van der Waals surface area contributed by atoms with E-state index in [1.807, 2.05) is 60.7 Å². The van der Waals surface area contributed by atoms with Crippen molar-refractivity contribution in [2.45, 2.75) is 4.90 Å². The number of nitriles is 1. The van der Waals surface area contributed by atoms with Crippen LogP contribution in [0.4, 0.5) is 5.69 Å². The van der Waals surface area contributed by atoms with Gasteiger partial charge in [0, 0.05) is 16.1 Å². The number of nitrogens with one attached hydrogen (secondary N) is 2. The molecule has 2 N–H and O–H groups in total. The maximum atomic E-state index is 13.2. The van der Waals surface area contributed by atoms with Crippen LogP contribution in [0.3, 0.4) is 0 Å². The van der Waals surface area contributed by atoms with Crippen LogP contribution in [0.1, 0.15) is 15.9 Å². The topological polar surface area (TPSA) is 82.0 Å². The molecule has 0 saturated carbocycles. The van der Waals surface area contributed by atoms with Gasteiger partial charge in [-0.3, -0.25) is 9.59 Å². The van der Waals surface area contributed by atoms with E-state index in [4.69, 9.17) is 5.26 Å². The summed E-state index contributed by atoms with van der Waals surface area (Å²) in [5, 5.41) is 16.4. The number of anilines is 1. The molecule has 0 aromatic heterocycles. The fourth-order valence-electron chi connectivity index (χ4n) is 3.42. The molecular formula is C28H21N3O2S. The number of amides is 2. The SMILES string of the molecule is N#CCSc1ccc(NC(=O)/C(=C/c2cccc3ccccc23)NC(=O)c2ccccc2)cc1. The molecule has 0 bridgehead atoms. The highest BCUT2D eigenvalue weighted by atomic mass is 32.2. The Balaban J connectivity index is 1.64. The van der Waals surface area contributed by atoms with Crippen LogP contribution in [-0.4, -0.2) is 17.6 Å². The van der Waals surface area contributed by atoms with Crippen LogP contribution in [0.5, 0.6) is 0 Å². The van der Waals surface area contributed by atoms with Crippen molar-refractivity contribution in [3.63, 3.8) is 0 Å². The molecule has 5 nitrogen and oxygen atoms in total. The van der Waals surface area contributed by atoms with E-state index in [9.17, 15) is 9.59 Å². The molecular weight excluding hydrogens is 442 g/mol. The van der Waals surface area contributed by atoms with Crippen LogP contribution in [-0.2, 0) is 4.79 Å². The minimum Gasteiger partial charge on any atom is -0.321 e. The third-order valence-electron chi connectivity index (χ3n) is 5.07. The van der Waals surface area contributed by atoms with E-state index in [2.05, 4.69) is 16.7 Å². The summed E-state index contributed by atoms with van der Waals surface area (Å²) in [5.41, 5.74) is 2.00. The summed E-state index contributed by atoms with van der Waals surface area (Å²) in [4.78, 5) is 27.0. The smallest absolute Gasteiger partial charge is 0.272 e. The maximum absolute atomic E-state index is 13.2. The van der Waals surface area contributed by atoms with Crippen molar-refractivity contribution >= 4 is 46.1 Å². The Labute approximate surface area is 202 Å². The van der Waals surface area contributed by atoms with Crippen molar-refractivity contribution < 1.29 is 9.59 Å². The third kappa shape index (κ3) is 5.71. The Bertz CT molecular complexity index is 1390. The van der Waals surface area contributed by atoms with Crippen molar-refractivity contribution in [3.8, 4) is 6.07 Å². The van der Waals surface area contributed by atoms with Crippen molar-refractivity contribution in [2.24, 2.45) is 0 Å². The summed E-state index contributed by atoms with van der Waals surface area (Å²) in [6.07, 6.45) is 1.69. The number of hydrogen-bond acceptors (Lipinski definition) is 4. The second kappa shape index (κ2) is 11.0. The number of rotatable bonds is 7. The fraction of sp³-hybridized carbons (Fsp3) is 0.0357. The highest BCUT2D eigenvalue weighted by Crippen LogP contribution is 2.22. The number of nitrogens with zero attached hydrogens (tertiary/aromatic N) is 1. The lowest BCUT2D eigenvalue weighted by atomic mass is 10.0. The normalized spacial score (nSPS) is 11.0. The highest BCUT2D eigenvalue weighted by Gasteiger charge is 2.15. The molecule has 0 aliphatic rings. The van der Waals surface area contributed by atoms with E-state index in [-0.39, 0.29) is 11.6 Å². The fourth-order valence-corrected chi connectivity index (χ4v) is 3.98. The van der Waals surface area contributed by atoms with Crippen LogP contribution >= 0.6 is 11.8 Å². The zero-order chi connectivity index (χ0) is 23.8. The molecule has 4 rings (SSSR count). The number of benzene rings is 4. The van der Waals surface area contributed by atoms with Gasteiger partial charge in [0.15, 0.2) is 0 Å². The molecule has 2 amide bonds. The quantitative estimate of drug-likeness (QED) is 0.265. The van der Waals surface area contributed by atoms with Crippen molar-refractivity contribution in [3.05, 3.63) is 114 Å². The first-order valence-corrected chi connectivity index (χ1v) is 11.6. The van der Waals surface area contributed by atoms with E-state index in [0.29, 0.717) is 17.0 Å². The lowest BCUT2D eigenvalue weighted by Crippen LogP contribution is -2.30. The van der Waals surface area contributed by atoms with Gasteiger partial charge in [-0.2, -0.15) is 5.26 Å². The van der Waals surface area contributed by atoms with Crippen molar-refractivity contribution in [2.75, 3.05) is 11.1 Å². The van der Waals surface area contributed by atoms with Crippen LogP contribution < -0.4 is 10.6 Å². The average Bonchev–Trinajstić information content (AvgIpc) is 2.88. The van der Waals surface area contributed by atoms with Gasteiger partial charge in [-0.1, -0.05) is 60.7 Å². The molecule has 166 valence electrons. The lowest BCUT2D eigenvalue weighted by Gasteiger charge is -2.12. The monoisotopic (exact) mass is 463 g/mol. The Hall–Kier alpha value is -4.34. The molecule has 0 spiro atoms. The first-order chi connectivity index (χ1) is 16.6. The minimum atomic E-state index is -0.436. The van der Waals surface area contributed by atoms with Gasteiger partial charge in [0.05, 0.1) is 11.8 Å². The standard InChI is InChI=1S/C28H21N3O2S/c29-17-18-34-24-15-13-23(14-16-24)30-28(33)26(31-27(32)21-8-2-1-3-9-21)19-22-11-6-10-20-7-4-5-12-25(20)22/h1-16,19H,18H2,(H,30,33)(H,31,32)/b26-19-. The molecule has 6 heteroatoms. The number of thioether (sulfide) groups is 1. The molecule has 4 aromatic carbocycles. The number of carbonyl (C=O) groups excluding carboxylic acids is 2. The maximum Gasteiger partial charge on any atom is 0.272 e. The number of fused-ring (bicyclic) bond motifs is 1. The summed E-state index contributed by atoms with van der Waals surface area (Å²) >= 11 is 1.42. The second-order valence-corrected chi connectivity index (χ2v) is 8.42. The van der Waals surface area contributed by atoms with Crippen molar-refractivity contribution in [1.29, 1.82) is 5.26 Å². The van der Waals surface area contributed by atoms with Crippen LogP contribution in [0.2, 0.25) is 0 Å². The summed E-state index contributed by atoms with van der Waals surface area (Å²) < 4.78 is 0. The van der Waals surface area contributed by atoms with E-state index in [0.717, 1.165) is 21.2 Å². The number of hydrogen-bond donors (Lipinski definition) is 2.